The maximum Gasteiger partial charge on any atom is 0.416 e. The minimum atomic E-state index is -4.54. The van der Waals surface area contributed by atoms with E-state index in [1.54, 1.807) is 0 Å². The van der Waals surface area contributed by atoms with E-state index in [1.807, 2.05) is 48.5 Å². The van der Waals surface area contributed by atoms with Gasteiger partial charge in [0.15, 0.2) is 0 Å². The van der Waals surface area contributed by atoms with Crippen LogP contribution in [-0.4, -0.2) is 47.7 Å². The third-order valence-electron chi connectivity index (χ3n) is 7.31. The molecule has 4 rings (SSSR count). The average molecular weight is 612 g/mol. The Bertz CT molecular complexity index is 1500. The SMILES string of the molecule is CC(C)(N)C(=O)N[C@@H]1CCc2cc(C(F)(F)F)ccc2N(Cc2ccc(-c3ccccc3CNC(=O)NCCO)cc2)C1=O. The van der Waals surface area contributed by atoms with E-state index in [4.69, 9.17) is 10.8 Å². The first kappa shape index (κ1) is 32.5. The van der Waals surface area contributed by atoms with Crippen molar-refractivity contribution in [1.82, 2.24) is 16.0 Å². The number of aryl methyl sites for hydroxylation is 1. The monoisotopic (exact) mass is 611 g/mol. The summed E-state index contributed by atoms with van der Waals surface area (Å²) in [5.74, 6) is -0.984. The molecule has 44 heavy (non-hydrogen) atoms. The smallest absolute Gasteiger partial charge is 0.395 e. The van der Waals surface area contributed by atoms with Crippen molar-refractivity contribution in [2.75, 3.05) is 18.1 Å². The largest absolute Gasteiger partial charge is 0.416 e. The zero-order valence-corrected chi connectivity index (χ0v) is 24.5. The van der Waals surface area contributed by atoms with Crippen LogP contribution in [-0.2, 0) is 35.3 Å². The van der Waals surface area contributed by atoms with Gasteiger partial charge < -0.3 is 31.7 Å². The highest BCUT2D eigenvalue weighted by Crippen LogP contribution is 2.36. The number of halogens is 3. The summed E-state index contributed by atoms with van der Waals surface area (Å²) in [7, 11) is 0. The molecule has 0 bridgehead atoms. The fourth-order valence-corrected chi connectivity index (χ4v) is 4.93. The van der Waals surface area contributed by atoms with Crippen LogP contribution in [0, 0.1) is 0 Å². The van der Waals surface area contributed by atoms with Crippen molar-refractivity contribution < 1.29 is 32.7 Å². The lowest BCUT2D eigenvalue weighted by molar-refractivity contribution is -0.137. The molecule has 0 fully saturated rings. The van der Waals surface area contributed by atoms with Crippen molar-refractivity contribution in [2.24, 2.45) is 5.73 Å². The molecule has 3 aromatic rings. The van der Waals surface area contributed by atoms with Gasteiger partial charge in [0.25, 0.3) is 0 Å². The number of alkyl halides is 3. The lowest BCUT2D eigenvalue weighted by Gasteiger charge is -2.28. The molecular weight excluding hydrogens is 575 g/mol. The van der Waals surface area contributed by atoms with Gasteiger partial charge in [-0.1, -0.05) is 48.5 Å². The van der Waals surface area contributed by atoms with Gasteiger partial charge in [0.1, 0.15) is 6.04 Å². The van der Waals surface area contributed by atoms with Crippen LogP contribution in [0.5, 0.6) is 0 Å². The zero-order valence-electron chi connectivity index (χ0n) is 24.5. The van der Waals surface area contributed by atoms with Gasteiger partial charge >= 0.3 is 12.2 Å². The summed E-state index contributed by atoms with van der Waals surface area (Å²) in [4.78, 5) is 39.8. The standard InChI is InChI=1S/C32H36F3N5O4/c1-31(2,36)29(43)39-26-13-11-22-17-24(32(33,34)35)12-14-27(22)40(28(26)42)19-20-7-9-21(10-8-20)25-6-4-3-5-23(25)18-38-30(44)37-15-16-41/h3-10,12,14,17,26,41H,11,13,15-16,18-19,36H2,1-2H3,(H,39,43)(H2,37,38,44)/t26-/m1/s1. The highest BCUT2D eigenvalue weighted by atomic mass is 19.4. The summed E-state index contributed by atoms with van der Waals surface area (Å²) in [5.41, 5.74) is 7.89. The van der Waals surface area contributed by atoms with E-state index in [2.05, 4.69) is 16.0 Å². The molecule has 0 saturated heterocycles. The third-order valence-corrected chi connectivity index (χ3v) is 7.31. The summed E-state index contributed by atoms with van der Waals surface area (Å²) < 4.78 is 40.6. The van der Waals surface area contributed by atoms with E-state index in [9.17, 15) is 27.6 Å². The first-order chi connectivity index (χ1) is 20.8. The van der Waals surface area contributed by atoms with Crippen LogP contribution < -0.4 is 26.6 Å². The summed E-state index contributed by atoms with van der Waals surface area (Å²) in [6.07, 6.45) is -4.27. The molecule has 1 aliphatic rings. The molecular formula is C32H36F3N5O4. The molecule has 3 aromatic carbocycles. The summed E-state index contributed by atoms with van der Waals surface area (Å²) in [6.45, 7) is 3.30. The van der Waals surface area contributed by atoms with E-state index in [-0.39, 0.29) is 39.1 Å². The Morgan fingerprint density at radius 1 is 1.02 bits per heavy atom. The van der Waals surface area contributed by atoms with E-state index < -0.39 is 41.2 Å². The van der Waals surface area contributed by atoms with Crippen molar-refractivity contribution in [3.63, 3.8) is 0 Å². The molecule has 0 unspecified atom stereocenters. The molecule has 0 saturated carbocycles. The van der Waals surface area contributed by atoms with Crippen molar-refractivity contribution in [1.29, 1.82) is 0 Å². The Labute approximate surface area is 253 Å². The van der Waals surface area contributed by atoms with Gasteiger partial charge in [-0.2, -0.15) is 13.2 Å². The zero-order chi connectivity index (χ0) is 32.1. The van der Waals surface area contributed by atoms with E-state index in [1.165, 1.54) is 24.8 Å². The predicted molar refractivity (Wildman–Crippen MR) is 160 cm³/mol. The topological polar surface area (TPSA) is 137 Å². The quantitative estimate of drug-likeness (QED) is 0.250. The summed E-state index contributed by atoms with van der Waals surface area (Å²) in [5, 5.41) is 16.9. The van der Waals surface area contributed by atoms with Crippen LogP contribution in [0.15, 0.2) is 66.7 Å². The molecule has 0 spiro atoms. The van der Waals surface area contributed by atoms with E-state index in [0.717, 1.165) is 34.4 Å². The fourth-order valence-electron chi connectivity index (χ4n) is 4.93. The minimum Gasteiger partial charge on any atom is -0.395 e. The Hall–Kier alpha value is -4.42. The maximum atomic E-state index is 13.8. The van der Waals surface area contributed by atoms with Crippen LogP contribution in [0.1, 0.15) is 42.5 Å². The first-order valence-corrected chi connectivity index (χ1v) is 14.2. The summed E-state index contributed by atoms with van der Waals surface area (Å²) in [6, 6.07) is 16.9. The number of aliphatic hydroxyl groups is 1. The van der Waals surface area contributed by atoms with Crippen LogP contribution >= 0.6 is 0 Å². The maximum absolute atomic E-state index is 13.8. The Balaban J connectivity index is 1.60. The number of fused-ring (bicyclic) bond motifs is 1. The van der Waals surface area contributed by atoms with E-state index in [0.29, 0.717) is 11.3 Å². The van der Waals surface area contributed by atoms with Gasteiger partial charge in [-0.15, -0.1) is 0 Å². The molecule has 4 amide bonds. The van der Waals surface area contributed by atoms with Crippen molar-refractivity contribution >= 4 is 23.5 Å². The van der Waals surface area contributed by atoms with Crippen molar-refractivity contribution in [3.8, 4) is 11.1 Å². The number of nitrogens with zero attached hydrogens (tertiary/aromatic N) is 1. The van der Waals surface area contributed by atoms with Gasteiger partial charge in [0.05, 0.1) is 24.3 Å². The molecule has 1 heterocycles. The Morgan fingerprint density at radius 3 is 2.39 bits per heavy atom. The van der Waals surface area contributed by atoms with E-state index >= 15 is 0 Å². The van der Waals surface area contributed by atoms with Crippen LogP contribution in [0.3, 0.4) is 0 Å². The second-order valence-corrected chi connectivity index (χ2v) is 11.2. The molecule has 12 heteroatoms. The number of hydrogen-bond donors (Lipinski definition) is 5. The van der Waals surface area contributed by atoms with Crippen LogP contribution in [0.4, 0.5) is 23.7 Å². The number of benzene rings is 3. The molecule has 0 aromatic heterocycles. The first-order valence-electron chi connectivity index (χ1n) is 14.2. The average Bonchev–Trinajstić information content (AvgIpc) is 3.10. The minimum absolute atomic E-state index is 0.0596. The number of nitrogens with two attached hydrogens (primary N) is 1. The Kier molecular flexibility index (Phi) is 9.95. The molecule has 0 radical (unpaired) electrons. The molecule has 9 nitrogen and oxygen atoms in total. The second kappa shape index (κ2) is 13.5. The number of amides is 4. The number of rotatable bonds is 9. The normalized spacial score (nSPS) is 15.3. The number of urea groups is 1. The fraction of sp³-hybridized carbons (Fsp3) is 0.344. The number of carbonyl (C=O) groups excluding carboxylic acids is 3. The Morgan fingerprint density at radius 2 is 1.73 bits per heavy atom. The third kappa shape index (κ3) is 7.94. The number of nitrogens with one attached hydrogen (secondary N) is 3. The van der Waals surface area contributed by atoms with Crippen molar-refractivity contribution in [3.05, 3.63) is 89.0 Å². The molecule has 0 aliphatic carbocycles. The number of aliphatic hydroxyl groups excluding tert-OH is 1. The number of anilines is 1. The predicted octanol–water partition coefficient (Wildman–Crippen LogP) is 3.87. The van der Waals surface area contributed by atoms with Crippen LogP contribution in [0.2, 0.25) is 0 Å². The molecule has 6 N–H and O–H groups in total. The highest BCUT2D eigenvalue weighted by Gasteiger charge is 2.36. The van der Waals surface area contributed by atoms with Gasteiger partial charge in [-0.25, -0.2) is 4.79 Å². The van der Waals surface area contributed by atoms with Gasteiger partial charge in [0, 0.05) is 18.8 Å². The number of carbonyl (C=O) groups is 3. The summed E-state index contributed by atoms with van der Waals surface area (Å²) >= 11 is 0. The van der Waals surface area contributed by atoms with Gasteiger partial charge in [-0.3, -0.25) is 9.59 Å². The highest BCUT2D eigenvalue weighted by molar-refractivity contribution is 6.01. The molecule has 1 atom stereocenters. The molecule has 234 valence electrons. The lowest BCUT2D eigenvalue weighted by Crippen LogP contribution is -2.56. The van der Waals surface area contributed by atoms with Crippen LogP contribution in [0.25, 0.3) is 11.1 Å². The van der Waals surface area contributed by atoms with Crippen molar-refractivity contribution in [2.45, 2.75) is 57.5 Å². The second-order valence-electron chi connectivity index (χ2n) is 11.2. The molecule has 1 aliphatic heterocycles. The lowest BCUT2D eigenvalue weighted by atomic mass is 9.98. The van der Waals surface area contributed by atoms with Gasteiger partial charge in [0.2, 0.25) is 11.8 Å². The van der Waals surface area contributed by atoms with Gasteiger partial charge in [-0.05, 0) is 72.7 Å². The number of hydrogen-bond acceptors (Lipinski definition) is 5.